The molecule has 104 valence electrons. The van der Waals surface area contributed by atoms with Crippen LogP contribution in [0.1, 0.15) is 0 Å². The van der Waals surface area contributed by atoms with Crippen LogP contribution >= 0.6 is 0 Å². The molecule has 0 atom stereocenters. The van der Waals surface area contributed by atoms with Crippen molar-refractivity contribution in [2.45, 2.75) is 0 Å². The van der Waals surface area contributed by atoms with Crippen LogP contribution in [0.25, 0.3) is 0 Å². The van der Waals surface area contributed by atoms with Crippen molar-refractivity contribution in [1.82, 2.24) is 5.06 Å². The lowest BCUT2D eigenvalue weighted by atomic mass is 10.3. The monoisotopic (exact) mass is 273 g/mol. The molecule has 0 saturated carbocycles. The molecule has 5 heteroatoms. The largest absolute Gasteiger partial charge is 0.488 e. The Kier molecular flexibility index (Phi) is 4.97. The molecule has 2 aromatic carbocycles. The molecule has 0 bridgehead atoms. The van der Waals surface area contributed by atoms with Crippen molar-refractivity contribution in [1.29, 1.82) is 0 Å². The summed E-state index contributed by atoms with van der Waals surface area (Å²) < 4.78 is 11.2. The molecule has 0 saturated heterocycles. The van der Waals surface area contributed by atoms with Crippen molar-refractivity contribution >= 4 is 6.41 Å². The van der Waals surface area contributed by atoms with Crippen LogP contribution in [0, 0.1) is 0 Å². The average Bonchev–Trinajstić information content (AvgIpc) is 2.50. The van der Waals surface area contributed by atoms with E-state index in [1.165, 1.54) is 0 Å². The summed E-state index contributed by atoms with van der Waals surface area (Å²) >= 11 is 0. The number of amides is 1. The Labute approximate surface area is 116 Å². The van der Waals surface area contributed by atoms with Crippen LogP contribution in [-0.2, 0) is 4.79 Å². The van der Waals surface area contributed by atoms with Gasteiger partial charge in [0.05, 0.1) is 6.54 Å². The van der Waals surface area contributed by atoms with Gasteiger partial charge in [-0.25, -0.2) is 5.06 Å². The average molecular weight is 273 g/mol. The third-order valence-corrected chi connectivity index (χ3v) is 2.52. The first kappa shape index (κ1) is 13.9. The second-order valence-corrected chi connectivity index (χ2v) is 3.98. The Morgan fingerprint density at radius 3 is 2.35 bits per heavy atom. The molecular weight excluding hydrogens is 258 g/mol. The third-order valence-electron chi connectivity index (χ3n) is 2.52. The fraction of sp³-hybridized carbons (Fsp3) is 0.133. The molecule has 2 rings (SSSR count). The van der Waals surface area contributed by atoms with E-state index in [-0.39, 0.29) is 13.2 Å². The van der Waals surface area contributed by atoms with Crippen LogP contribution in [0.5, 0.6) is 17.2 Å². The molecule has 0 fully saturated rings. The van der Waals surface area contributed by atoms with Gasteiger partial charge in [-0.1, -0.05) is 30.3 Å². The highest BCUT2D eigenvalue weighted by atomic mass is 16.5. The number of hydroxylamine groups is 2. The van der Waals surface area contributed by atoms with Crippen LogP contribution in [0.2, 0.25) is 0 Å². The highest BCUT2D eigenvalue weighted by Crippen LogP contribution is 2.30. The predicted octanol–water partition coefficient (Wildman–Crippen LogP) is 2.71. The summed E-state index contributed by atoms with van der Waals surface area (Å²) in [4.78, 5) is 10.3. The predicted molar refractivity (Wildman–Crippen MR) is 73.0 cm³/mol. The van der Waals surface area contributed by atoms with Gasteiger partial charge >= 0.3 is 0 Å². The van der Waals surface area contributed by atoms with Gasteiger partial charge in [0.15, 0.2) is 11.5 Å². The highest BCUT2D eigenvalue weighted by molar-refractivity contribution is 5.45. The summed E-state index contributed by atoms with van der Waals surface area (Å²) in [5, 5.41) is 9.52. The smallest absolute Gasteiger partial charge is 0.233 e. The van der Waals surface area contributed by atoms with Crippen LogP contribution in [0.4, 0.5) is 0 Å². The van der Waals surface area contributed by atoms with Gasteiger partial charge in [0, 0.05) is 0 Å². The van der Waals surface area contributed by atoms with Crippen molar-refractivity contribution in [3.8, 4) is 17.2 Å². The van der Waals surface area contributed by atoms with E-state index in [1.807, 2.05) is 42.5 Å². The van der Waals surface area contributed by atoms with Crippen LogP contribution < -0.4 is 9.47 Å². The maximum Gasteiger partial charge on any atom is 0.233 e. The Morgan fingerprint density at radius 2 is 1.65 bits per heavy atom. The van der Waals surface area contributed by atoms with E-state index in [0.717, 1.165) is 0 Å². The molecule has 0 heterocycles. The number of ether oxygens (including phenoxy) is 2. The lowest BCUT2D eigenvalue weighted by molar-refractivity contribution is -0.150. The number of nitrogens with zero attached hydrogens (tertiary/aromatic N) is 1. The summed E-state index contributed by atoms with van der Waals surface area (Å²) in [7, 11) is 0. The zero-order valence-corrected chi connectivity index (χ0v) is 10.8. The first-order chi connectivity index (χ1) is 9.79. The zero-order valence-electron chi connectivity index (χ0n) is 10.8. The molecule has 0 aliphatic rings. The Morgan fingerprint density at radius 1 is 1.00 bits per heavy atom. The third kappa shape index (κ3) is 4.00. The molecule has 1 N–H and O–H groups in total. The van der Waals surface area contributed by atoms with Gasteiger partial charge in [-0.2, -0.15) is 0 Å². The van der Waals surface area contributed by atoms with Gasteiger partial charge in [0.1, 0.15) is 12.4 Å². The number of hydrogen-bond acceptors (Lipinski definition) is 4. The molecule has 0 unspecified atom stereocenters. The van der Waals surface area contributed by atoms with Crippen molar-refractivity contribution < 1.29 is 19.5 Å². The standard InChI is InChI=1S/C15H15NO4/c17-12-16(18)10-11-19-14-8-4-5-9-15(14)20-13-6-2-1-3-7-13/h1-9,12,18H,10-11H2. The molecule has 0 radical (unpaired) electrons. The van der Waals surface area contributed by atoms with Crippen molar-refractivity contribution in [3.63, 3.8) is 0 Å². The van der Waals surface area contributed by atoms with Gasteiger partial charge < -0.3 is 9.47 Å². The first-order valence-corrected chi connectivity index (χ1v) is 6.15. The summed E-state index contributed by atoms with van der Waals surface area (Å²) in [6.07, 6.45) is 0.329. The molecular formula is C15H15NO4. The lowest BCUT2D eigenvalue weighted by Gasteiger charge is -2.13. The van der Waals surface area contributed by atoms with Gasteiger partial charge in [-0.05, 0) is 24.3 Å². The maximum atomic E-state index is 10.3. The summed E-state index contributed by atoms with van der Waals surface area (Å²) in [6.45, 7) is 0.258. The number of benzene rings is 2. The van der Waals surface area contributed by atoms with Gasteiger partial charge in [-0.15, -0.1) is 0 Å². The topological polar surface area (TPSA) is 59.0 Å². The minimum Gasteiger partial charge on any atom is -0.488 e. The number of hydrogen-bond donors (Lipinski definition) is 1. The van der Waals surface area contributed by atoms with E-state index in [9.17, 15) is 4.79 Å². The van der Waals surface area contributed by atoms with E-state index < -0.39 is 0 Å². The quantitative estimate of drug-likeness (QED) is 0.478. The van der Waals surface area contributed by atoms with E-state index in [2.05, 4.69) is 0 Å². The van der Waals surface area contributed by atoms with Crippen LogP contribution in [0.15, 0.2) is 54.6 Å². The fourth-order valence-electron chi connectivity index (χ4n) is 1.57. The maximum absolute atomic E-state index is 10.3. The second-order valence-electron chi connectivity index (χ2n) is 3.98. The van der Waals surface area contributed by atoms with Gasteiger partial charge in [-0.3, -0.25) is 10.0 Å². The molecule has 2 aromatic rings. The number of para-hydroxylation sites is 3. The molecule has 0 spiro atoms. The molecule has 0 aliphatic carbocycles. The molecule has 5 nitrogen and oxygen atoms in total. The van der Waals surface area contributed by atoms with E-state index in [1.54, 1.807) is 12.1 Å². The van der Waals surface area contributed by atoms with E-state index in [0.29, 0.717) is 28.7 Å². The van der Waals surface area contributed by atoms with Crippen molar-refractivity contribution in [2.24, 2.45) is 0 Å². The van der Waals surface area contributed by atoms with E-state index in [4.69, 9.17) is 14.7 Å². The first-order valence-electron chi connectivity index (χ1n) is 6.15. The van der Waals surface area contributed by atoms with Crippen molar-refractivity contribution in [2.75, 3.05) is 13.2 Å². The zero-order chi connectivity index (χ0) is 14.2. The van der Waals surface area contributed by atoms with Crippen LogP contribution in [0.3, 0.4) is 0 Å². The molecule has 0 aliphatic heterocycles. The Hall–Kier alpha value is -2.53. The SMILES string of the molecule is O=CN(O)CCOc1ccccc1Oc1ccccc1. The molecule has 0 aromatic heterocycles. The fourth-order valence-corrected chi connectivity index (χ4v) is 1.57. The van der Waals surface area contributed by atoms with Crippen LogP contribution in [-0.4, -0.2) is 29.8 Å². The van der Waals surface area contributed by atoms with Crippen molar-refractivity contribution in [3.05, 3.63) is 54.6 Å². The van der Waals surface area contributed by atoms with E-state index >= 15 is 0 Å². The summed E-state index contributed by atoms with van der Waals surface area (Å²) in [5.74, 6) is 1.84. The number of carbonyl (C=O) groups is 1. The summed E-state index contributed by atoms with van der Waals surface area (Å²) in [6, 6.07) is 16.6. The minimum absolute atomic E-state index is 0.0865. The summed E-state index contributed by atoms with van der Waals surface area (Å²) in [5.41, 5.74) is 0. The minimum atomic E-state index is 0.0865. The molecule has 20 heavy (non-hydrogen) atoms. The van der Waals surface area contributed by atoms with Gasteiger partial charge in [0.25, 0.3) is 0 Å². The Balaban J connectivity index is 2.01. The number of carbonyl (C=O) groups excluding carboxylic acids is 1. The normalized spacial score (nSPS) is 9.85. The number of rotatable bonds is 7. The van der Waals surface area contributed by atoms with Gasteiger partial charge in [0.2, 0.25) is 6.41 Å². The highest BCUT2D eigenvalue weighted by Gasteiger charge is 2.06. The second kappa shape index (κ2) is 7.16. The lowest BCUT2D eigenvalue weighted by Crippen LogP contribution is -2.23. The molecule has 1 amide bonds. The Bertz CT molecular complexity index is 545.